The van der Waals surface area contributed by atoms with Gasteiger partial charge in [0.25, 0.3) is 0 Å². The topological polar surface area (TPSA) is 34.0 Å². The van der Waals surface area contributed by atoms with Gasteiger partial charge >= 0.3 is 0 Å². The molecule has 0 unspecified atom stereocenters. The minimum atomic E-state index is 0.910. The molecular formula is C48H32N4. The molecule has 0 radical (unpaired) electrons. The van der Waals surface area contributed by atoms with Crippen LogP contribution in [0.4, 0.5) is 17.1 Å². The molecule has 0 aliphatic carbocycles. The predicted molar refractivity (Wildman–Crippen MR) is 217 cm³/mol. The number of rotatable bonds is 6. The van der Waals surface area contributed by atoms with E-state index in [1.807, 2.05) is 12.1 Å². The summed E-state index contributed by atoms with van der Waals surface area (Å²) in [5.74, 6) is 0.910. The van der Waals surface area contributed by atoms with Crippen LogP contribution in [0.2, 0.25) is 0 Å². The molecule has 10 aromatic rings. The zero-order chi connectivity index (χ0) is 34.4. The summed E-state index contributed by atoms with van der Waals surface area (Å²) in [5, 5.41) is 5.91. The Bertz CT molecular complexity index is 2840. The van der Waals surface area contributed by atoms with E-state index in [9.17, 15) is 0 Å². The van der Waals surface area contributed by atoms with Crippen molar-refractivity contribution in [2.75, 3.05) is 4.90 Å². The normalized spacial score (nSPS) is 11.5. The Morgan fingerprint density at radius 1 is 0.404 bits per heavy atom. The molecule has 0 saturated heterocycles. The van der Waals surface area contributed by atoms with Gasteiger partial charge in [-0.1, -0.05) is 133 Å². The predicted octanol–water partition coefficient (Wildman–Crippen LogP) is 12.7. The minimum absolute atomic E-state index is 0.910. The molecule has 0 spiro atoms. The summed E-state index contributed by atoms with van der Waals surface area (Å²) >= 11 is 0. The summed E-state index contributed by atoms with van der Waals surface area (Å²) in [7, 11) is 0. The Kier molecular flexibility index (Phi) is 7.10. The smallest absolute Gasteiger partial charge is 0.145 e. The number of imidazole rings is 1. The number of benzene rings is 8. The van der Waals surface area contributed by atoms with Gasteiger partial charge in [-0.05, 0) is 71.4 Å². The van der Waals surface area contributed by atoms with Crippen molar-refractivity contribution in [1.29, 1.82) is 0 Å². The van der Waals surface area contributed by atoms with Gasteiger partial charge in [0.1, 0.15) is 5.82 Å². The molecule has 0 aliphatic heterocycles. The van der Waals surface area contributed by atoms with Gasteiger partial charge in [-0.2, -0.15) is 0 Å². The van der Waals surface area contributed by atoms with Crippen molar-refractivity contribution in [2.45, 2.75) is 0 Å². The molecule has 0 atom stereocenters. The van der Waals surface area contributed by atoms with Crippen molar-refractivity contribution in [1.82, 2.24) is 14.5 Å². The minimum Gasteiger partial charge on any atom is -0.310 e. The van der Waals surface area contributed by atoms with Gasteiger partial charge in [0.05, 0.1) is 22.2 Å². The summed E-state index contributed by atoms with van der Waals surface area (Å²) in [6.45, 7) is 0. The number of hydrogen-bond acceptors (Lipinski definition) is 3. The van der Waals surface area contributed by atoms with Crippen LogP contribution >= 0.6 is 0 Å². The van der Waals surface area contributed by atoms with E-state index in [2.05, 4.69) is 191 Å². The van der Waals surface area contributed by atoms with Gasteiger partial charge < -0.3 is 4.90 Å². The first kappa shape index (κ1) is 29.8. The van der Waals surface area contributed by atoms with Gasteiger partial charge in [-0.25, -0.2) is 9.97 Å². The molecule has 0 saturated carbocycles. The zero-order valence-corrected chi connectivity index (χ0v) is 28.3. The van der Waals surface area contributed by atoms with Gasteiger partial charge in [-0.15, -0.1) is 0 Å². The first-order chi connectivity index (χ1) is 25.8. The van der Waals surface area contributed by atoms with E-state index in [-0.39, 0.29) is 0 Å². The lowest BCUT2D eigenvalue weighted by Crippen LogP contribution is -2.09. The van der Waals surface area contributed by atoms with Gasteiger partial charge in [0.2, 0.25) is 0 Å². The molecule has 0 bridgehead atoms. The third-order valence-electron chi connectivity index (χ3n) is 9.95. The first-order valence-corrected chi connectivity index (χ1v) is 17.6. The Balaban J connectivity index is 1.17. The number of nitrogens with zero attached hydrogens (tertiary/aromatic N) is 4. The number of fused-ring (bicyclic) bond motifs is 6. The van der Waals surface area contributed by atoms with E-state index in [0.29, 0.717) is 0 Å². The van der Waals surface area contributed by atoms with E-state index in [0.717, 1.165) is 72.7 Å². The second-order valence-corrected chi connectivity index (χ2v) is 13.1. The average molecular weight is 665 g/mol. The fourth-order valence-corrected chi connectivity index (χ4v) is 7.56. The first-order valence-electron chi connectivity index (χ1n) is 17.6. The Morgan fingerprint density at radius 2 is 1.02 bits per heavy atom. The monoisotopic (exact) mass is 664 g/mol. The molecule has 0 aliphatic rings. The molecule has 0 N–H and O–H groups in total. The third kappa shape index (κ3) is 5.00. The second kappa shape index (κ2) is 12.4. The van der Waals surface area contributed by atoms with Crippen molar-refractivity contribution < 1.29 is 0 Å². The fourth-order valence-electron chi connectivity index (χ4n) is 7.56. The molecular weight excluding hydrogens is 633 g/mol. The number of aromatic nitrogens is 3. The fraction of sp³-hybridized carbons (Fsp3) is 0. The van der Waals surface area contributed by atoms with Gasteiger partial charge in [-0.3, -0.25) is 4.57 Å². The average Bonchev–Trinajstić information content (AvgIpc) is 3.61. The number of hydrogen-bond donors (Lipinski definition) is 0. The lowest BCUT2D eigenvalue weighted by molar-refractivity contribution is 1.10. The summed E-state index contributed by atoms with van der Waals surface area (Å²) in [5.41, 5.74) is 10.4. The standard InChI is InChI=1S/C48H32N4/c1-4-15-36(16-5-1)51(37-17-6-2-7-18-37)39-29-31-41-44(32-39)49-47(42-30-28-33-14-10-11-21-40(33)46(41)42)34-24-26-35(27-25-34)48-50-43-22-12-13-23-45(43)52(48)38-19-8-3-9-20-38/h1-32H. The second-order valence-electron chi connectivity index (χ2n) is 13.1. The lowest BCUT2D eigenvalue weighted by atomic mass is 9.94. The number of para-hydroxylation sites is 5. The SMILES string of the molecule is c1ccc(N(c2ccccc2)c2ccc3c(c2)nc(-c2ccc(-c4nc5ccccc5n4-c4ccccc4)cc2)c2ccc4ccccc4c23)cc1. The molecule has 0 fully saturated rings. The maximum atomic E-state index is 5.47. The van der Waals surface area contributed by atoms with Crippen molar-refractivity contribution in [3.63, 3.8) is 0 Å². The van der Waals surface area contributed by atoms with Crippen LogP contribution in [0.1, 0.15) is 0 Å². The summed E-state index contributed by atoms with van der Waals surface area (Å²) in [6, 6.07) is 68.4. The van der Waals surface area contributed by atoms with Crippen molar-refractivity contribution >= 4 is 60.5 Å². The Morgan fingerprint density at radius 3 is 1.77 bits per heavy atom. The maximum absolute atomic E-state index is 5.47. The number of pyridine rings is 1. The highest BCUT2D eigenvalue weighted by molar-refractivity contribution is 6.22. The van der Waals surface area contributed by atoms with Gasteiger partial charge in [0, 0.05) is 50.0 Å². The van der Waals surface area contributed by atoms with Crippen LogP contribution in [0.5, 0.6) is 0 Å². The highest BCUT2D eigenvalue weighted by atomic mass is 15.1. The van der Waals surface area contributed by atoms with E-state index in [1.165, 1.54) is 16.2 Å². The van der Waals surface area contributed by atoms with Crippen LogP contribution in [0, 0.1) is 0 Å². The van der Waals surface area contributed by atoms with Crippen molar-refractivity contribution in [3.05, 3.63) is 194 Å². The summed E-state index contributed by atoms with van der Waals surface area (Å²) in [4.78, 5) is 12.9. The number of anilines is 3. The van der Waals surface area contributed by atoms with Crippen LogP contribution in [-0.4, -0.2) is 14.5 Å². The van der Waals surface area contributed by atoms with E-state index in [1.54, 1.807) is 0 Å². The molecule has 244 valence electrons. The van der Waals surface area contributed by atoms with E-state index in [4.69, 9.17) is 9.97 Å². The van der Waals surface area contributed by atoms with Crippen molar-refractivity contribution in [2.24, 2.45) is 0 Å². The molecule has 0 amide bonds. The molecule has 4 heteroatoms. The summed E-state index contributed by atoms with van der Waals surface area (Å²) < 4.78 is 2.24. The summed E-state index contributed by atoms with van der Waals surface area (Å²) in [6.07, 6.45) is 0. The Labute approximate surface area is 301 Å². The molecule has 2 aromatic heterocycles. The quantitative estimate of drug-likeness (QED) is 0.166. The van der Waals surface area contributed by atoms with E-state index < -0.39 is 0 Å². The lowest BCUT2D eigenvalue weighted by Gasteiger charge is -2.26. The molecule has 10 rings (SSSR count). The Hall–Kier alpha value is -7.04. The molecule has 4 nitrogen and oxygen atoms in total. The van der Waals surface area contributed by atoms with Crippen LogP contribution in [0.25, 0.3) is 71.8 Å². The molecule has 2 heterocycles. The van der Waals surface area contributed by atoms with E-state index >= 15 is 0 Å². The van der Waals surface area contributed by atoms with Crippen molar-refractivity contribution in [3.8, 4) is 28.3 Å². The zero-order valence-electron chi connectivity index (χ0n) is 28.3. The highest BCUT2D eigenvalue weighted by Crippen LogP contribution is 2.41. The van der Waals surface area contributed by atoms with Crippen LogP contribution in [0.3, 0.4) is 0 Å². The largest absolute Gasteiger partial charge is 0.310 e. The van der Waals surface area contributed by atoms with Crippen LogP contribution in [-0.2, 0) is 0 Å². The van der Waals surface area contributed by atoms with Crippen LogP contribution < -0.4 is 4.90 Å². The molecule has 8 aromatic carbocycles. The van der Waals surface area contributed by atoms with Gasteiger partial charge in [0.15, 0.2) is 0 Å². The maximum Gasteiger partial charge on any atom is 0.145 e. The molecule has 52 heavy (non-hydrogen) atoms. The third-order valence-corrected chi connectivity index (χ3v) is 9.95. The van der Waals surface area contributed by atoms with Crippen LogP contribution in [0.15, 0.2) is 194 Å². The highest BCUT2D eigenvalue weighted by Gasteiger charge is 2.18.